The summed E-state index contributed by atoms with van der Waals surface area (Å²) < 4.78 is 18.9. The summed E-state index contributed by atoms with van der Waals surface area (Å²) in [5, 5.41) is 3.39. The van der Waals surface area contributed by atoms with Gasteiger partial charge in [-0.25, -0.2) is 9.37 Å². The average molecular weight is 268 g/mol. The van der Waals surface area contributed by atoms with Crippen molar-refractivity contribution >= 4 is 16.8 Å². The molecule has 4 rings (SSSR count). The monoisotopic (exact) mass is 268 g/mol. The van der Waals surface area contributed by atoms with Gasteiger partial charge in [-0.15, -0.1) is 0 Å². The molecule has 2 aromatic carbocycles. The van der Waals surface area contributed by atoms with Crippen molar-refractivity contribution in [3.05, 3.63) is 59.7 Å². The van der Waals surface area contributed by atoms with Gasteiger partial charge in [0.15, 0.2) is 5.58 Å². The van der Waals surface area contributed by atoms with E-state index < -0.39 is 0 Å². The Morgan fingerprint density at radius 3 is 3.05 bits per heavy atom. The second-order valence-electron chi connectivity index (χ2n) is 5.10. The SMILES string of the molecule is Fc1ccc2nc(C3CNc4ccccc4C3)oc2c1. The van der Waals surface area contributed by atoms with Crippen LogP contribution in [0.1, 0.15) is 17.4 Å². The van der Waals surface area contributed by atoms with Crippen molar-refractivity contribution < 1.29 is 8.81 Å². The van der Waals surface area contributed by atoms with Crippen LogP contribution in [-0.2, 0) is 6.42 Å². The van der Waals surface area contributed by atoms with Gasteiger partial charge in [0, 0.05) is 18.3 Å². The maximum absolute atomic E-state index is 13.2. The van der Waals surface area contributed by atoms with Crippen LogP contribution in [0.25, 0.3) is 11.1 Å². The number of anilines is 1. The van der Waals surface area contributed by atoms with Gasteiger partial charge in [0.25, 0.3) is 0 Å². The van der Waals surface area contributed by atoms with Crippen LogP contribution in [0.15, 0.2) is 46.9 Å². The van der Waals surface area contributed by atoms with Crippen LogP contribution in [0.4, 0.5) is 10.1 Å². The van der Waals surface area contributed by atoms with Crippen molar-refractivity contribution in [3.63, 3.8) is 0 Å². The first-order valence-corrected chi connectivity index (χ1v) is 6.67. The van der Waals surface area contributed by atoms with E-state index in [1.807, 2.05) is 12.1 Å². The number of nitrogens with one attached hydrogen (secondary N) is 1. The van der Waals surface area contributed by atoms with E-state index in [0.717, 1.165) is 13.0 Å². The Kier molecular flexibility index (Phi) is 2.49. The number of benzene rings is 2. The molecule has 2 heterocycles. The summed E-state index contributed by atoms with van der Waals surface area (Å²) in [5.41, 5.74) is 3.65. The van der Waals surface area contributed by atoms with Gasteiger partial charge >= 0.3 is 0 Å². The van der Waals surface area contributed by atoms with Crippen LogP contribution >= 0.6 is 0 Å². The lowest BCUT2D eigenvalue weighted by molar-refractivity contribution is 0.470. The lowest BCUT2D eigenvalue weighted by Crippen LogP contribution is -2.21. The number of nitrogens with zero attached hydrogens (tertiary/aromatic N) is 1. The minimum Gasteiger partial charge on any atom is -0.440 e. The fourth-order valence-corrected chi connectivity index (χ4v) is 2.71. The van der Waals surface area contributed by atoms with Crippen LogP contribution in [-0.4, -0.2) is 11.5 Å². The minimum atomic E-state index is -0.299. The van der Waals surface area contributed by atoms with E-state index in [0.29, 0.717) is 17.0 Å². The molecular formula is C16H13FN2O. The first-order chi connectivity index (χ1) is 9.79. The number of fused-ring (bicyclic) bond motifs is 2. The molecule has 3 nitrogen and oxygen atoms in total. The molecule has 0 spiro atoms. The second-order valence-corrected chi connectivity index (χ2v) is 5.10. The molecule has 0 bridgehead atoms. The predicted octanol–water partition coefficient (Wildman–Crippen LogP) is 3.72. The fraction of sp³-hybridized carbons (Fsp3) is 0.188. The van der Waals surface area contributed by atoms with Gasteiger partial charge in [0.2, 0.25) is 5.89 Å². The summed E-state index contributed by atoms with van der Waals surface area (Å²) in [7, 11) is 0. The highest BCUT2D eigenvalue weighted by atomic mass is 19.1. The van der Waals surface area contributed by atoms with Crippen molar-refractivity contribution in [2.75, 3.05) is 11.9 Å². The van der Waals surface area contributed by atoms with E-state index in [2.05, 4.69) is 22.4 Å². The van der Waals surface area contributed by atoms with Crippen molar-refractivity contribution in [1.29, 1.82) is 0 Å². The zero-order chi connectivity index (χ0) is 13.5. The molecule has 20 heavy (non-hydrogen) atoms. The fourth-order valence-electron chi connectivity index (χ4n) is 2.71. The van der Waals surface area contributed by atoms with Crippen molar-refractivity contribution in [2.45, 2.75) is 12.3 Å². The Bertz CT molecular complexity index is 781. The van der Waals surface area contributed by atoms with Crippen LogP contribution in [0, 0.1) is 5.82 Å². The van der Waals surface area contributed by atoms with Crippen LogP contribution in [0.3, 0.4) is 0 Å². The van der Waals surface area contributed by atoms with Gasteiger partial charge in [-0.2, -0.15) is 0 Å². The first-order valence-electron chi connectivity index (χ1n) is 6.67. The quantitative estimate of drug-likeness (QED) is 0.731. The molecule has 1 aliphatic heterocycles. The summed E-state index contributed by atoms with van der Waals surface area (Å²) in [4.78, 5) is 4.48. The van der Waals surface area contributed by atoms with Crippen LogP contribution < -0.4 is 5.32 Å². The highest BCUT2D eigenvalue weighted by Crippen LogP contribution is 2.31. The summed E-state index contributed by atoms with van der Waals surface area (Å²) in [6.07, 6.45) is 0.887. The summed E-state index contributed by atoms with van der Waals surface area (Å²) in [5.74, 6) is 0.556. The van der Waals surface area contributed by atoms with E-state index in [1.165, 1.54) is 23.4 Å². The number of hydrogen-bond acceptors (Lipinski definition) is 3. The van der Waals surface area contributed by atoms with Crippen molar-refractivity contribution in [2.24, 2.45) is 0 Å². The number of aromatic nitrogens is 1. The van der Waals surface area contributed by atoms with E-state index in [1.54, 1.807) is 6.07 Å². The molecule has 0 saturated carbocycles. The molecular weight excluding hydrogens is 255 g/mol. The Balaban J connectivity index is 1.70. The molecule has 1 unspecified atom stereocenters. The molecule has 4 heteroatoms. The average Bonchev–Trinajstić information content (AvgIpc) is 2.89. The summed E-state index contributed by atoms with van der Waals surface area (Å²) in [6, 6.07) is 12.7. The highest BCUT2D eigenvalue weighted by molar-refractivity contribution is 5.72. The van der Waals surface area contributed by atoms with Gasteiger partial charge in [-0.3, -0.25) is 0 Å². The third kappa shape index (κ3) is 1.84. The van der Waals surface area contributed by atoms with E-state index >= 15 is 0 Å². The zero-order valence-electron chi connectivity index (χ0n) is 10.8. The lowest BCUT2D eigenvalue weighted by Gasteiger charge is -2.23. The van der Waals surface area contributed by atoms with Gasteiger partial charge in [-0.05, 0) is 30.2 Å². The Morgan fingerprint density at radius 1 is 1.20 bits per heavy atom. The predicted molar refractivity (Wildman–Crippen MR) is 75.3 cm³/mol. The molecule has 0 aliphatic carbocycles. The number of oxazole rings is 1. The van der Waals surface area contributed by atoms with E-state index in [-0.39, 0.29) is 11.7 Å². The molecule has 0 fully saturated rings. The maximum Gasteiger partial charge on any atom is 0.200 e. The van der Waals surface area contributed by atoms with Gasteiger partial charge in [-0.1, -0.05) is 18.2 Å². The molecule has 1 N–H and O–H groups in total. The highest BCUT2D eigenvalue weighted by Gasteiger charge is 2.23. The third-order valence-corrected chi connectivity index (χ3v) is 3.74. The molecule has 1 aliphatic rings. The second kappa shape index (κ2) is 4.34. The molecule has 0 radical (unpaired) electrons. The van der Waals surface area contributed by atoms with E-state index in [4.69, 9.17) is 4.42 Å². The number of rotatable bonds is 1. The Morgan fingerprint density at radius 2 is 2.10 bits per heavy atom. The number of halogens is 1. The molecule has 0 amide bonds. The molecule has 1 aromatic heterocycles. The largest absolute Gasteiger partial charge is 0.440 e. The van der Waals surface area contributed by atoms with Gasteiger partial charge in [0.1, 0.15) is 11.3 Å². The summed E-state index contributed by atoms with van der Waals surface area (Å²) in [6.45, 7) is 0.784. The van der Waals surface area contributed by atoms with E-state index in [9.17, 15) is 4.39 Å². The Labute approximate surface area is 115 Å². The molecule has 1 atom stereocenters. The van der Waals surface area contributed by atoms with Gasteiger partial charge < -0.3 is 9.73 Å². The van der Waals surface area contributed by atoms with Crippen molar-refractivity contribution in [3.8, 4) is 0 Å². The Hall–Kier alpha value is -2.36. The number of hydrogen-bond donors (Lipinski definition) is 1. The van der Waals surface area contributed by atoms with Crippen LogP contribution in [0.5, 0.6) is 0 Å². The first kappa shape index (κ1) is 11.5. The normalized spacial score (nSPS) is 17.8. The molecule has 3 aromatic rings. The van der Waals surface area contributed by atoms with Crippen LogP contribution in [0.2, 0.25) is 0 Å². The maximum atomic E-state index is 13.2. The standard InChI is InChI=1S/C16H13FN2O/c17-12-5-6-14-15(8-12)20-16(19-14)11-7-10-3-1-2-4-13(10)18-9-11/h1-6,8,11,18H,7,9H2. The zero-order valence-corrected chi connectivity index (χ0v) is 10.8. The van der Waals surface area contributed by atoms with Crippen molar-refractivity contribution in [1.82, 2.24) is 4.98 Å². The topological polar surface area (TPSA) is 38.1 Å². The number of para-hydroxylation sites is 1. The lowest BCUT2D eigenvalue weighted by atomic mass is 9.94. The third-order valence-electron chi connectivity index (χ3n) is 3.74. The minimum absolute atomic E-state index is 0.181. The molecule has 100 valence electrons. The molecule has 0 saturated heterocycles. The summed E-state index contributed by atoms with van der Waals surface area (Å²) >= 11 is 0. The smallest absolute Gasteiger partial charge is 0.200 e. The van der Waals surface area contributed by atoms with Gasteiger partial charge in [0.05, 0.1) is 5.92 Å².